The van der Waals surface area contributed by atoms with Crippen LogP contribution in [0.2, 0.25) is 0 Å². The van der Waals surface area contributed by atoms with Crippen LogP contribution in [0.4, 0.5) is 5.69 Å². The van der Waals surface area contributed by atoms with E-state index < -0.39 is 10.0 Å². The monoisotopic (exact) mass is 408 g/mol. The number of rotatable bonds is 9. The third kappa shape index (κ3) is 5.92. The number of primary sulfonamides is 1. The van der Waals surface area contributed by atoms with Crippen LogP contribution in [0.5, 0.6) is 11.5 Å². The third-order valence-electron chi connectivity index (χ3n) is 3.68. The summed E-state index contributed by atoms with van der Waals surface area (Å²) in [6.07, 6.45) is 1.90. The summed E-state index contributed by atoms with van der Waals surface area (Å²) in [5.41, 5.74) is 0.950. The average Bonchev–Trinajstić information content (AvgIpc) is 2.63. The summed E-state index contributed by atoms with van der Waals surface area (Å²) in [4.78, 5) is -0.148. The smallest absolute Gasteiger partial charge is 0.241 e. The zero-order chi connectivity index (χ0) is 19.9. The molecule has 0 spiro atoms. The number of unbranched alkanes of at least 4 members (excludes halogenated alkanes) is 1. The van der Waals surface area contributed by atoms with Crippen molar-refractivity contribution >= 4 is 33.0 Å². The molecule has 0 amide bonds. The summed E-state index contributed by atoms with van der Waals surface area (Å²) in [6, 6.07) is 12.0. The SMILES string of the molecule is CCCCNc1cc(C(=S)OCC)cc(S(N)(=O)=O)c1Oc1ccccc1. The van der Waals surface area contributed by atoms with E-state index in [1.807, 2.05) is 6.07 Å². The van der Waals surface area contributed by atoms with Crippen LogP contribution < -0.4 is 15.2 Å². The van der Waals surface area contributed by atoms with E-state index >= 15 is 0 Å². The molecule has 0 radical (unpaired) electrons. The molecule has 0 bridgehead atoms. The van der Waals surface area contributed by atoms with E-state index in [-0.39, 0.29) is 15.7 Å². The quantitative estimate of drug-likeness (QED) is 0.480. The second-order valence-electron chi connectivity index (χ2n) is 5.81. The van der Waals surface area contributed by atoms with Crippen LogP contribution in [0.15, 0.2) is 47.4 Å². The number of thiocarbonyl (C=S) groups is 1. The van der Waals surface area contributed by atoms with E-state index in [9.17, 15) is 8.42 Å². The summed E-state index contributed by atoms with van der Waals surface area (Å²) in [5, 5.41) is 8.88. The Kier molecular flexibility index (Phi) is 7.58. The number of ether oxygens (including phenoxy) is 2. The van der Waals surface area contributed by atoms with Gasteiger partial charge in [-0.25, -0.2) is 13.6 Å². The van der Waals surface area contributed by atoms with Crippen molar-refractivity contribution < 1.29 is 17.9 Å². The van der Waals surface area contributed by atoms with Crippen molar-refractivity contribution in [3.63, 3.8) is 0 Å². The maximum Gasteiger partial charge on any atom is 0.241 e. The van der Waals surface area contributed by atoms with Gasteiger partial charge in [0.15, 0.2) is 10.8 Å². The average molecular weight is 409 g/mol. The van der Waals surface area contributed by atoms with Gasteiger partial charge in [0.1, 0.15) is 10.6 Å². The summed E-state index contributed by atoms with van der Waals surface area (Å²) in [7, 11) is -4.06. The zero-order valence-corrected chi connectivity index (χ0v) is 17.0. The normalized spacial score (nSPS) is 11.1. The molecule has 0 aliphatic heterocycles. The molecule has 3 N–H and O–H groups in total. The van der Waals surface area contributed by atoms with Gasteiger partial charge in [-0.1, -0.05) is 31.5 Å². The van der Waals surface area contributed by atoms with Crippen molar-refractivity contribution in [1.29, 1.82) is 0 Å². The van der Waals surface area contributed by atoms with Gasteiger partial charge in [0.05, 0.1) is 12.3 Å². The Morgan fingerprint density at radius 2 is 1.89 bits per heavy atom. The number of para-hydroxylation sites is 1. The van der Waals surface area contributed by atoms with E-state index in [1.54, 1.807) is 37.3 Å². The topological polar surface area (TPSA) is 90.6 Å². The Bertz CT molecular complexity index is 884. The summed E-state index contributed by atoms with van der Waals surface area (Å²) >= 11 is 5.24. The molecule has 146 valence electrons. The standard InChI is InChI=1S/C19H24N2O4S2/c1-3-5-11-21-16-12-14(19(26)24-4-2)13-17(27(20,22)23)18(16)25-15-9-7-6-8-10-15/h6-10,12-13,21H,3-5,11H2,1-2H3,(H2,20,22,23). The Morgan fingerprint density at radius 1 is 1.19 bits per heavy atom. The van der Waals surface area contributed by atoms with Crippen molar-refractivity contribution in [1.82, 2.24) is 0 Å². The Balaban J connectivity index is 2.59. The zero-order valence-electron chi connectivity index (χ0n) is 15.4. The molecule has 0 saturated heterocycles. The third-order valence-corrected chi connectivity index (χ3v) is 4.95. The molecule has 0 unspecified atom stereocenters. The highest BCUT2D eigenvalue weighted by atomic mass is 32.2. The van der Waals surface area contributed by atoms with Gasteiger partial charge in [-0.15, -0.1) is 0 Å². The predicted octanol–water partition coefficient (Wildman–Crippen LogP) is 4.05. The predicted molar refractivity (Wildman–Crippen MR) is 111 cm³/mol. The Hall–Kier alpha value is -2.16. The van der Waals surface area contributed by atoms with Gasteiger partial charge in [-0.2, -0.15) is 0 Å². The molecular formula is C19H24N2O4S2. The fourth-order valence-electron chi connectivity index (χ4n) is 2.39. The fourth-order valence-corrected chi connectivity index (χ4v) is 3.33. The molecule has 0 heterocycles. The lowest BCUT2D eigenvalue weighted by Crippen LogP contribution is -2.16. The number of nitrogens with two attached hydrogens (primary N) is 1. The van der Waals surface area contributed by atoms with E-state index in [2.05, 4.69) is 12.2 Å². The van der Waals surface area contributed by atoms with Crippen molar-refractivity contribution in [3.05, 3.63) is 48.0 Å². The molecule has 0 fully saturated rings. The van der Waals surface area contributed by atoms with E-state index in [0.29, 0.717) is 30.2 Å². The minimum atomic E-state index is -4.06. The van der Waals surface area contributed by atoms with Crippen molar-refractivity contribution in [2.45, 2.75) is 31.6 Å². The van der Waals surface area contributed by atoms with Crippen molar-refractivity contribution in [2.24, 2.45) is 5.14 Å². The van der Waals surface area contributed by atoms with Gasteiger partial charge in [0, 0.05) is 12.1 Å². The summed E-state index contributed by atoms with van der Waals surface area (Å²) in [6.45, 7) is 4.90. The molecule has 2 aromatic rings. The molecule has 2 rings (SSSR count). The second kappa shape index (κ2) is 9.68. The largest absolute Gasteiger partial charge is 0.483 e. The molecule has 0 aliphatic carbocycles. The van der Waals surface area contributed by atoms with E-state index in [4.69, 9.17) is 26.8 Å². The number of benzene rings is 2. The van der Waals surface area contributed by atoms with E-state index in [1.165, 1.54) is 6.07 Å². The number of hydrogen-bond acceptors (Lipinski definition) is 6. The minimum Gasteiger partial charge on any atom is -0.483 e. The van der Waals surface area contributed by atoms with Gasteiger partial charge in [-0.3, -0.25) is 0 Å². The second-order valence-corrected chi connectivity index (χ2v) is 7.71. The molecule has 8 heteroatoms. The number of hydrogen-bond donors (Lipinski definition) is 2. The summed E-state index contributed by atoms with van der Waals surface area (Å²) < 4.78 is 35.7. The van der Waals surface area contributed by atoms with Crippen LogP contribution in [0.3, 0.4) is 0 Å². The molecule has 0 aliphatic rings. The molecule has 0 aromatic heterocycles. The first-order valence-corrected chi connectivity index (χ1v) is 10.7. The maximum atomic E-state index is 12.2. The van der Waals surface area contributed by atoms with Gasteiger partial charge in [0.2, 0.25) is 10.0 Å². The van der Waals surface area contributed by atoms with Crippen molar-refractivity contribution in [2.75, 3.05) is 18.5 Å². The lowest BCUT2D eigenvalue weighted by atomic mass is 10.1. The lowest BCUT2D eigenvalue weighted by Gasteiger charge is -2.18. The van der Waals surface area contributed by atoms with Crippen LogP contribution in [0.25, 0.3) is 0 Å². The van der Waals surface area contributed by atoms with Gasteiger partial charge >= 0.3 is 0 Å². The highest BCUT2D eigenvalue weighted by Gasteiger charge is 2.23. The highest BCUT2D eigenvalue weighted by molar-refractivity contribution is 7.89. The maximum absolute atomic E-state index is 12.2. The van der Waals surface area contributed by atoms with Crippen LogP contribution >= 0.6 is 12.2 Å². The molecule has 27 heavy (non-hydrogen) atoms. The van der Waals surface area contributed by atoms with E-state index in [0.717, 1.165) is 12.8 Å². The van der Waals surface area contributed by atoms with Crippen molar-refractivity contribution in [3.8, 4) is 11.5 Å². The van der Waals surface area contributed by atoms with Crippen LogP contribution in [0.1, 0.15) is 32.3 Å². The van der Waals surface area contributed by atoms with Crippen LogP contribution in [-0.2, 0) is 14.8 Å². The molecular weight excluding hydrogens is 384 g/mol. The first-order chi connectivity index (χ1) is 12.9. The molecule has 0 saturated carbocycles. The number of anilines is 1. The fraction of sp³-hybridized carbons (Fsp3) is 0.316. The van der Waals surface area contributed by atoms with Crippen LogP contribution in [-0.4, -0.2) is 26.6 Å². The van der Waals surface area contributed by atoms with Gasteiger partial charge in [0.25, 0.3) is 0 Å². The molecule has 2 aromatic carbocycles. The lowest BCUT2D eigenvalue weighted by molar-refractivity contribution is 0.337. The van der Waals surface area contributed by atoms with Crippen LogP contribution in [0, 0.1) is 0 Å². The first kappa shape index (κ1) is 21.1. The number of nitrogens with one attached hydrogen (secondary N) is 1. The summed E-state index contributed by atoms with van der Waals surface area (Å²) in [5.74, 6) is 0.643. The molecule has 6 nitrogen and oxygen atoms in total. The Labute approximate surface area is 165 Å². The minimum absolute atomic E-state index is 0.142. The number of sulfonamides is 1. The first-order valence-electron chi connectivity index (χ1n) is 8.71. The van der Waals surface area contributed by atoms with Gasteiger partial charge < -0.3 is 14.8 Å². The Morgan fingerprint density at radius 3 is 2.48 bits per heavy atom. The highest BCUT2D eigenvalue weighted by Crippen LogP contribution is 2.37. The molecule has 0 atom stereocenters. The van der Waals surface area contributed by atoms with Gasteiger partial charge in [-0.05, 0) is 49.8 Å².